The lowest BCUT2D eigenvalue weighted by molar-refractivity contribution is -0.0365. The molecule has 34 heavy (non-hydrogen) atoms. The van der Waals surface area contributed by atoms with Crippen molar-refractivity contribution < 1.29 is 13.9 Å². The van der Waals surface area contributed by atoms with Crippen LogP contribution in [0.2, 0.25) is 15.2 Å². The zero-order chi connectivity index (χ0) is 23.8. The summed E-state index contributed by atoms with van der Waals surface area (Å²) in [4.78, 5) is 8.04. The summed E-state index contributed by atoms with van der Waals surface area (Å²) in [6.07, 6.45) is 6.62. The standard InChI is InChI=1S/C24H20Cl3FN4O2/c1-13(23-17(25)11-29-12-18(23)26)34-14-5-6-20-15(8-14)24(16-10-30-21(27)9-19(16)28)31-32(20)22-4-2-3-7-33-22/h5-6,8-13,22H,2-4,7H2,1H3/t13-,22?/m1/s1. The molecular formula is C24H20Cl3FN4O2. The summed E-state index contributed by atoms with van der Waals surface area (Å²) in [7, 11) is 0. The van der Waals surface area contributed by atoms with E-state index in [1.807, 2.05) is 29.8 Å². The van der Waals surface area contributed by atoms with E-state index in [1.165, 1.54) is 24.7 Å². The molecule has 3 aromatic heterocycles. The molecule has 0 amide bonds. The van der Waals surface area contributed by atoms with Crippen molar-refractivity contribution in [3.05, 3.63) is 69.4 Å². The first-order valence-corrected chi connectivity index (χ1v) is 12.0. The molecule has 4 aromatic rings. The smallest absolute Gasteiger partial charge is 0.150 e. The van der Waals surface area contributed by atoms with Gasteiger partial charge in [0.05, 0.1) is 21.1 Å². The lowest BCUT2D eigenvalue weighted by Crippen LogP contribution is -2.19. The second-order valence-electron chi connectivity index (χ2n) is 8.06. The second-order valence-corrected chi connectivity index (χ2v) is 9.26. The van der Waals surface area contributed by atoms with Gasteiger partial charge in [-0.25, -0.2) is 14.1 Å². The Labute approximate surface area is 210 Å². The number of pyridine rings is 2. The van der Waals surface area contributed by atoms with E-state index in [0.29, 0.717) is 39.0 Å². The van der Waals surface area contributed by atoms with Crippen LogP contribution in [0.1, 0.15) is 44.1 Å². The first-order valence-electron chi connectivity index (χ1n) is 10.8. The van der Waals surface area contributed by atoms with Gasteiger partial charge in [-0.05, 0) is 44.4 Å². The third kappa shape index (κ3) is 4.45. The number of halogens is 4. The number of benzene rings is 1. The van der Waals surface area contributed by atoms with Crippen molar-refractivity contribution in [2.24, 2.45) is 0 Å². The van der Waals surface area contributed by atoms with Gasteiger partial charge in [-0.15, -0.1) is 0 Å². The molecule has 1 aliphatic heterocycles. The molecule has 2 atom stereocenters. The SMILES string of the molecule is C[C@@H](Oc1ccc2c(c1)c(-c1cnc(Cl)cc1F)nn2C1CCCCO1)c1c(Cl)cncc1Cl. The first-order chi connectivity index (χ1) is 16.4. The van der Waals surface area contributed by atoms with Gasteiger partial charge < -0.3 is 9.47 Å². The van der Waals surface area contributed by atoms with Gasteiger partial charge in [0.1, 0.15) is 28.5 Å². The minimum atomic E-state index is -0.508. The van der Waals surface area contributed by atoms with Gasteiger partial charge in [-0.1, -0.05) is 34.8 Å². The molecule has 0 spiro atoms. The van der Waals surface area contributed by atoms with Crippen LogP contribution in [0.15, 0.2) is 42.9 Å². The minimum Gasteiger partial charge on any atom is -0.486 e. The Morgan fingerprint density at radius 2 is 1.91 bits per heavy atom. The maximum absolute atomic E-state index is 14.9. The highest BCUT2D eigenvalue weighted by molar-refractivity contribution is 6.35. The lowest BCUT2D eigenvalue weighted by Gasteiger charge is -2.23. The average molecular weight is 522 g/mol. The van der Waals surface area contributed by atoms with E-state index in [1.54, 1.807) is 0 Å². The molecule has 1 unspecified atom stereocenters. The van der Waals surface area contributed by atoms with E-state index >= 15 is 0 Å². The molecular weight excluding hydrogens is 502 g/mol. The maximum atomic E-state index is 14.9. The third-order valence-electron chi connectivity index (χ3n) is 5.79. The summed E-state index contributed by atoms with van der Waals surface area (Å²) in [5, 5.41) is 6.35. The van der Waals surface area contributed by atoms with E-state index in [4.69, 9.17) is 49.4 Å². The number of nitrogens with zero attached hydrogens (tertiary/aromatic N) is 4. The van der Waals surface area contributed by atoms with E-state index in [9.17, 15) is 4.39 Å². The van der Waals surface area contributed by atoms with Crippen molar-refractivity contribution in [3.8, 4) is 17.0 Å². The Bertz CT molecular complexity index is 1340. The van der Waals surface area contributed by atoms with Crippen molar-refractivity contribution >= 4 is 45.7 Å². The number of aromatic nitrogens is 4. The molecule has 1 aliphatic rings. The fraction of sp³-hybridized carbons (Fsp3) is 0.292. The fourth-order valence-electron chi connectivity index (χ4n) is 4.18. The summed E-state index contributed by atoms with van der Waals surface area (Å²) in [6.45, 7) is 2.50. The molecule has 1 aromatic carbocycles. The van der Waals surface area contributed by atoms with Crippen molar-refractivity contribution in [2.75, 3.05) is 6.61 Å². The Morgan fingerprint density at radius 1 is 1.12 bits per heavy atom. The molecule has 1 fully saturated rings. The van der Waals surface area contributed by atoms with Crippen LogP contribution in [-0.4, -0.2) is 26.4 Å². The first kappa shape index (κ1) is 23.3. The van der Waals surface area contributed by atoms with Gasteiger partial charge in [-0.2, -0.15) is 5.10 Å². The van der Waals surface area contributed by atoms with Crippen molar-refractivity contribution in [2.45, 2.75) is 38.5 Å². The maximum Gasteiger partial charge on any atom is 0.150 e. The van der Waals surface area contributed by atoms with Crippen LogP contribution in [-0.2, 0) is 4.74 Å². The Morgan fingerprint density at radius 3 is 2.62 bits per heavy atom. The fourth-order valence-corrected chi connectivity index (χ4v) is 5.00. The van der Waals surface area contributed by atoms with Crippen LogP contribution in [0.25, 0.3) is 22.2 Å². The van der Waals surface area contributed by atoms with E-state index in [0.717, 1.165) is 24.8 Å². The quantitative estimate of drug-likeness (QED) is 0.256. The topological polar surface area (TPSA) is 62.1 Å². The third-order valence-corrected chi connectivity index (χ3v) is 6.60. The van der Waals surface area contributed by atoms with Gasteiger partial charge in [0, 0.05) is 42.2 Å². The molecule has 0 bridgehead atoms. The Hall–Kier alpha value is -2.45. The zero-order valence-corrected chi connectivity index (χ0v) is 20.4. The Balaban J connectivity index is 1.59. The molecule has 5 rings (SSSR count). The molecule has 4 heterocycles. The number of hydrogen-bond donors (Lipinski definition) is 0. The van der Waals surface area contributed by atoms with Gasteiger partial charge in [0.15, 0.2) is 6.23 Å². The molecule has 176 valence electrons. The molecule has 0 radical (unpaired) electrons. The average Bonchev–Trinajstić information content (AvgIpc) is 3.18. The Kier molecular flexibility index (Phi) is 6.62. The summed E-state index contributed by atoms with van der Waals surface area (Å²) in [6, 6.07) is 6.73. The highest BCUT2D eigenvalue weighted by Gasteiger charge is 2.24. The molecule has 6 nitrogen and oxygen atoms in total. The van der Waals surface area contributed by atoms with Gasteiger partial charge >= 0.3 is 0 Å². The van der Waals surface area contributed by atoms with Crippen LogP contribution >= 0.6 is 34.8 Å². The van der Waals surface area contributed by atoms with E-state index in [-0.39, 0.29) is 16.9 Å². The number of ether oxygens (including phenoxy) is 2. The van der Waals surface area contributed by atoms with Gasteiger partial charge in [0.25, 0.3) is 0 Å². The normalized spacial score (nSPS) is 17.1. The zero-order valence-electron chi connectivity index (χ0n) is 18.1. The monoisotopic (exact) mass is 520 g/mol. The van der Waals surface area contributed by atoms with Crippen LogP contribution in [0.4, 0.5) is 4.39 Å². The van der Waals surface area contributed by atoms with Crippen molar-refractivity contribution in [3.63, 3.8) is 0 Å². The van der Waals surface area contributed by atoms with Crippen LogP contribution in [0.5, 0.6) is 5.75 Å². The molecule has 1 saturated heterocycles. The molecule has 0 N–H and O–H groups in total. The summed E-state index contributed by atoms with van der Waals surface area (Å²) in [5.74, 6) is 0.0443. The largest absolute Gasteiger partial charge is 0.486 e. The number of rotatable bonds is 5. The predicted molar refractivity (Wildman–Crippen MR) is 130 cm³/mol. The highest BCUT2D eigenvalue weighted by atomic mass is 35.5. The van der Waals surface area contributed by atoms with E-state index in [2.05, 4.69) is 9.97 Å². The van der Waals surface area contributed by atoms with E-state index < -0.39 is 11.9 Å². The van der Waals surface area contributed by atoms with Gasteiger partial charge in [-0.3, -0.25) is 4.98 Å². The molecule has 10 heteroatoms. The molecule has 0 aliphatic carbocycles. The lowest BCUT2D eigenvalue weighted by atomic mass is 10.1. The second kappa shape index (κ2) is 9.66. The van der Waals surface area contributed by atoms with Gasteiger partial charge in [0.2, 0.25) is 0 Å². The minimum absolute atomic E-state index is 0.0737. The predicted octanol–water partition coefficient (Wildman–Crippen LogP) is 7.43. The van der Waals surface area contributed by atoms with Crippen LogP contribution in [0.3, 0.4) is 0 Å². The van der Waals surface area contributed by atoms with Crippen molar-refractivity contribution in [1.29, 1.82) is 0 Å². The summed E-state index contributed by atoms with van der Waals surface area (Å²) >= 11 is 18.5. The van der Waals surface area contributed by atoms with Crippen molar-refractivity contribution in [1.82, 2.24) is 19.7 Å². The highest BCUT2D eigenvalue weighted by Crippen LogP contribution is 2.38. The molecule has 0 saturated carbocycles. The van der Waals surface area contributed by atoms with Crippen LogP contribution < -0.4 is 4.74 Å². The number of fused-ring (bicyclic) bond motifs is 1. The summed E-state index contributed by atoms with van der Waals surface area (Å²) in [5.41, 5.74) is 2.12. The summed E-state index contributed by atoms with van der Waals surface area (Å²) < 4.78 is 28.8. The van der Waals surface area contributed by atoms with Crippen LogP contribution in [0, 0.1) is 5.82 Å². The number of hydrogen-bond acceptors (Lipinski definition) is 5.